The Balaban J connectivity index is 1.93. The second-order valence-electron chi connectivity index (χ2n) is 8.42. The third kappa shape index (κ3) is 7.06. The van der Waals surface area contributed by atoms with Gasteiger partial charge < -0.3 is 19.7 Å². The summed E-state index contributed by atoms with van der Waals surface area (Å²) < 4.78 is 10.0. The lowest BCUT2D eigenvalue weighted by Crippen LogP contribution is -2.38. The Kier molecular flexibility index (Phi) is 9.64. The molecule has 1 aliphatic rings. The zero-order valence-corrected chi connectivity index (χ0v) is 20.1. The number of hydrogen-bond donors (Lipinski definition) is 1. The zero-order valence-electron chi connectivity index (χ0n) is 20.1. The van der Waals surface area contributed by atoms with Gasteiger partial charge in [0.1, 0.15) is 0 Å². The van der Waals surface area contributed by atoms with E-state index in [1.54, 1.807) is 18.7 Å². The van der Waals surface area contributed by atoms with Crippen molar-refractivity contribution >= 4 is 18.0 Å². The molecule has 1 aromatic rings. The number of nitrogens with zero attached hydrogens (tertiary/aromatic N) is 2. The largest absolute Gasteiger partial charge is 0.424 e. The van der Waals surface area contributed by atoms with Crippen LogP contribution < -0.4 is 5.32 Å². The molecule has 34 heavy (non-hydrogen) atoms. The minimum Gasteiger partial charge on any atom is -0.424 e. The van der Waals surface area contributed by atoms with Crippen LogP contribution in [0.3, 0.4) is 0 Å². The van der Waals surface area contributed by atoms with Gasteiger partial charge in [0.25, 0.3) is 5.09 Å². The molecular formula is C23H33N3O8. The molecule has 2 amide bonds. The first-order valence-electron chi connectivity index (χ1n) is 11.4. The standard InChI is InChI=1S/C23H33N3O8/c1-6-25(7-2)21(27)19-17(18(19)16-11-9-8-10-12-16)13-24-23(29)33-15(5)32-22(28)20(14(3)4)34-26(30)31/h8-12,14-15,17-20H,6-7,13H2,1-5H3,(H,24,29)/t15?,17-,18?,19-,20+/m0/s1. The van der Waals surface area contributed by atoms with Gasteiger partial charge in [0.2, 0.25) is 18.3 Å². The van der Waals surface area contributed by atoms with Crippen LogP contribution in [0.25, 0.3) is 0 Å². The molecule has 0 radical (unpaired) electrons. The van der Waals surface area contributed by atoms with Crippen LogP contribution in [0.2, 0.25) is 0 Å². The molecule has 1 fully saturated rings. The van der Waals surface area contributed by atoms with E-state index in [9.17, 15) is 24.5 Å². The number of benzene rings is 1. The fourth-order valence-electron chi connectivity index (χ4n) is 4.02. The summed E-state index contributed by atoms with van der Waals surface area (Å²) in [5, 5.41) is 12.1. The third-order valence-corrected chi connectivity index (χ3v) is 5.79. The molecule has 0 spiro atoms. The molecule has 11 nitrogen and oxygen atoms in total. The number of ether oxygens (including phenoxy) is 2. The molecule has 2 unspecified atom stereocenters. The van der Waals surface area contributed by atoms with Crippen LogP contribution >= 0.6 is 0 Å². The van der Waals surface area contributed by atoms with E-state index in [2.05, 4.69) is 10.2 Å². The fraction of sp³-hybridized carbons (Fsp3) is 0.609. The minimum atomic E-state index is -1.44. The van der Waals surface area contributed by atoms with Crippen LogP contribution in [0.1, 0.15) is 46.1 Å². The van der Waals surface area contributed by atoms with Crippen molar-refractivity contribution in [3.63, 3.8) is 0 Å². The van der Waals surface area contributed by atoms with Gasteiger partial charge in [-0.05, 0) is 31.2 Å². The number of amides is 2. The highest BCUT2D eigenvalue weighted by Gasteiger charge is 2.56. The van der Waals surface area contributed by atoms with Gasteiger partial charge in [-0.1, -0.05) is 44.2 Å². The SMILES string of the molecule is CCN(CC)C(=O)[C@@H]1C(c2ccccc2)[C@@H]1CNC(=O)OC(C)OC(=O)[C@H](O[N+](=O)[O-])C(C)C. The Labute approximate surface area is 198 Å². The van der Waals surface area contributed by atoms with E-state index in [0.717, 1.165) is 5.56 Å². The zero-order chi connectivity index (χ0) is 25.4. The van der Waals surface area contributed by atoms with Crippen LogP contribution in [-0.2, 0) is 23.9 Å². The molecule has 5 atom stereocenters. The second kappa shape index (κ2) is 12.2. The van der Waals surface area contributed by atoms with Crippen molar-refractivity contribution in [1.82, 2.24) is 10.2 Å². The lowest BCUT2D eigenvalue weighted by Gasteiger charge is -2.20. The molecule has 0 saturated heterocycles. The maximum absolute atomic E-state index is 13.0. The quantitative estimate of drug-likeness (QED) is 0.209. The average molecular weight is 480 g/mol. The van der Waals surface area contributed by atoms with E-state index in [0.29, 0.717) is 13.1 Å². The van der Waals surface area contributed by atoms with E-state index in [1.807, 2.05) is 44.2 Å². The Hall–Kier alpha value is -3.37. The van der Waals surface area contributed by atoms with Crippen molar-refractivity contribution in [2.24, 2.45) is 17.8 Å². The first-order valence-corrected chi connectivity index (χ1v) is 11.4. The van der Waals surface area contributed by atoms with E-state index >= 15 is 0 Å². The van der Waals surface area contributed by atoms with E-state index < -0.39 is 35.5 Å². The number of esters is 1. The Morgan fingerprint density at radius 2 is 1.71 bits per heavy atom. The number of alkyl carbamates (subject to hydrolysis) is 1. The van der Waals surface area contributed by atoms with Gasteiger partial charge in [-0.2, -0.15) is 0 Å². The molecule has 1 N–H and O–H groups in total. The van der Waals surface area contributed by atoms with E-state index in [-0.39, 0.29) is 30.2 Å². The van der Waals surface area contributed by atoms with Crippen LogP contribution in [0.15, 0.2) is 30.3 Å². The van der Waals surface area contributed by atoms with Gasteiger partial charge in [-0.3, -0.25) is 9.63 Å². The molecule has 11 heteroatoms. The Bertz CT molecular complexity index is 859. The highest BCUT2D eigenvalue weighted by atomic mass is 17.0. The van der Waals surface area contributed by atoms with Gasteiger partial charge >= 0.3 is 12.1 Å². The molecule has 0 aliphatic heterocycles. The van der Waals surface area contributed by atoms with Crippen LogP contribution in [0, 0.1) is 27.9 Å². The van der Waals surface area contributed by atoms with Crippen LogP contribution in [-0.4, -0.2) is 60.0 Å². The van der Waals surface area contributed by atoms with Gasteiger partial charge in [-0.25, -0.2) is 9.59 Å². The Morgan fingerprint density at radius 1 is 1.09 bits per heavy atom. The summed E-state index contributed by atoms with van der Waals surface area (Å²) in [7, 11) is 0. The molecule has 1 saturated carbocycles. The molecule has 0 aromatic heterocycles. The van der Waals surface area contributed by atoms with Crippen LogP contribution in [0.5, 0.6) is 0 Å². The predicted octanol–water partition coefficient (Wildman–Crippen LogP) is 2.73. The minimum absolute atomic E-state index is 0.0177. The maximum atomic E-state index is 13.0. The van der Waals surface area contributed by atoms with Crippen molar-refractivity contribution in [3.05, 3.63) is 46.0 Å². The first kappa shape index (κ1) is 26.9. The summed E-state index contributed by atoms with van der Waals surface area (Å²) in [6, 6.07) is 9.65. The Morgan fingerprint density at radius 3 is 2.24 bits per heavy atom. The molecule has 0 bridgehead atoms. The predicted molar refractivity (Wildman–Crippen MR) is 121 cm³/mol. The lowest BCUT2D eigenvalue weighted by molar-refractivity contribution is -0.766. The summed E-state index contributed by atoms with van der Waals surface area (Å²) in [6.07, 6.45) is -3.56. The first-order chi connectivity index (χ1) is 16.1. The number of hydrogen-bond acceptors (Lipinski definition) is 8. The van der Waals surface area contributed by atoms with E-state index in [1.165, 1.54) is 6.92 Å². The lowest BCUT2D eigenvalue weighted by atomic mass is 10.1. The molecular weight excluding hydrogens is 446 g/mol. The second-order valence-corrected chi connectivity index (χ2v) is 8.42. The normalized spacial score (nSPS) is 20.6. The summed E-state index contributed by atoms with van der Waals surface area (Å²) in [5.74, 6) is -1.85. The van der Waals surface area contributed by atoms with Crippen molar-refractivity contribution in [3.8, 4) is 0 Å². The van der Waals surface area contributed by atoms with Gasteiger partial charge in [0.15, 0.2) is 0 Å². The summed E-state index contributed by atoms with van der Waals surface area (Å²) in [6.45, 7) is 9.70. The maximum Gasteiger partial charge on any atom is 0.410 e. The number of rotatable bonds is 12. The van der Waals surface area contributed by atoms with Crippen molar-refractivity contribution in [1.29, 1.82) is 0 Å². The van der Waals surface area contributed by atoms with Gasteiger partial charge in [0.05, 0.1) is 5.92 Å². The average Bonchev–Trinajstić information content (AvgIpc) is 3.51. The van der Waals surface area contributed by atoms with Gasteiger partial charge in [0, 0.05) is 32.5 Å². The summed E-state index contributed by atoms with van der Waals surface area (Å²) in [5.41, 5.74) is 1.03. The van der Waals surface area contributed by atoms with Crippen molar-refractivity contribution in [2.45, 2.75) is 52.9 Å². The molecule has 188 valence electrons. The smallest absolute Gasteiger partial charge is 0.410 e. The monoisotopic (exact) mass is 479 g/mol. The van der Waals surface area contributed by atoms with E-state index in [4.69, 9.17) is 9.47 Å². The molecule has 0 heterocycles. The summed E-state index contributed by atoms with van der Waals surface area (Å²) >= 11 is 0. The fourth-order valence-corrected chi connectivity index (χ4v) is 4.02. The number of carbonyl (C=O) groups excluding carboxylic acids is 3. The number of nitrogens with one attached hydrogen (secondary N) is 1. The van der Waals surface area contributed by atoms with Crippen molar-refractivity contribution in [2.75, 3.05) is 19.6 Å². The molecule has 2 rings (SSSR count). The topological polar surface area (TPSA) is 137 Å². The molecule has 1 aromatic carbocycles. The highest BCUT2D eigenvalue weighted by Crippen LogP contribution is 2.54. The van der Waals surface area contributed by atoms with Gasteiger partial charge in [-0.15, -0.1) is 10.1 Å². The third-order valence-electron chi connectivity index (χ3n) is 5.79. The molecule has 1 aliphatic carbocycles. The van der Waals surface area contributed by atoms with Crippen molar-refractivity contribution < 1.29 is 33.8 Å². The summed E-state index contributed by atoms with van der Waals surface area (Å²) in [4.78, 5) is 54.0. The number of carbonyl (C=O) groups is 3. The highest BCUT2D eigenvalue weighted by molar-refractivity contribution is 5.84. The van der Waals surface area contributed by atoms with Crippen LogP contribution in [0.4, 0.5) is 4.79 Å².